The van der Waals surface area contributed by atoms with Gasteiger partial charge in [0.1, 0.15) is 73.8 Å². The number of esters is 1. The molecule has 21 heteroatoms. The lowest BCUT2D eigenvalue weighted by Gasteiger charge is -2.47. The highest BCUT2D eigenvalue weighted by molar-refractivity contribution is 7.99. The zero-order chi connectivity index (χ0) is 35.7. The molecular weight excluding hydrogens is 672 g/mol. The van der Waals surface area contributed by atoms with Crippen LogP contribution >= 0.6 is 11.8 Å². The van der Waals surface area contributed by atoms with E-state index in [1.807, 2.05) is 0 Å². The summed E-state index contributed by atoms with van der Waals surface area (Å²) < 4.78 is 32.3. The van der Waals surface area contributed by atoms with Crippen LogP contribution in [-0.4, -0.2) is 200 Å². The predicted molar refractivity (Wildman–Crippen MR) is 158 cm³/mol. The van der Waals surface area contributed by atoms with Gasteiger partial charge in [-0.15, -0.1) is 0 Å². The average Bonchev–Trinajstić information content (AvgIpc) is 3.06. The molecule has 6 unspecified atom stereocenters. The zero-order valence-electron chi connectivity index (χ0n) is 26.0. The second-order valence-corrected chi connectivity index (χ2v) is 12.7. The summed E-state index contributed by atoms with van der Waals surface area (Å²) in [6, 6.07) is -1.06. The number of hydrogen-bond acceptors (Lipinski definition) is 20. The molecule has 12 N–H and O–H groups in total. The molecule has 0 aromatic heterocycles. The molecule has 0 saturated carbocycles. The van der Waals surface area contributed by atoms with Crippen molar-refractivity contribution in [2.24, 2.45) is 5.73 Å². The number of Topliss-reactive ketones (excluding diaryl/α,β-unsaturated/α-hetero) is 1. The number of ether oxygens (including phenoxy) is 6. The maximum atomic E-state index is 12.3. The molecule has 0 aromatic rings. The molecule has 3 rings (SSSR count). The first-order chi connectivity index (χ1) is 22.7. The number of carbonyl (C=O) groups is 3. The van der Waals surface area contributed by atoms with Gasteiger partial charge >= 0.3 is 5.97 Å². The van der Waals surface area contributed by atoms with Crippen LogP contribution in [0.5, 0.6) is 0 Å². The van der Waals surface area contributed by atoms with Crippen molar-refractivity contribution in [3.63, 3.8) is 0 Å². The monoisotopic (exact) mass is 718 g/mol. The molecule has 3 aliphatic heterocycles. The topological polar surface area (TPSA) is 327 Å². The Labute approximate surface area is 279 Å². The third-order valence-corrected chi connectivity index (χ3v) is 8.97. The van der Waals surface area contributed by atoms with Crippen molar-refractivity contribution in [1.29, 1.82) is 0 Å². The molecule has 3 fully saturated rings. The molecule has 0 aliphatic carbocycles. The number of ketones is 1. The third-order valence-electron chi connectivity index (χ3n) is 7.81. The Balaban J connectivity index is 1.54. The summed E-state index contributed by atoms with van der Waals surface area (Å²) in [6.07, 6.45) is -22.4. The van der Waals surface area contributed by atoms with Crippen LogP contribution in [-0.2, 0) is 42.8 Å². The van der Waals surface area contributed by atoms with Crippen molar-refractivity contribution in [3.05, 3.63) is 0 Å². The highest BCUT2D eigenvalue weighted by Crippen LogP contribution is 2.32. The predicted octanol–water partition coefficient (Wildman–Crippen LogP) is -7.18. The Bertz CT molecular complexity index is 1040. The fourth-order valence-corrected chi connectivity index (χ4v) is 6.10. The molecule has 3 aliphatic rings. The Morgan fingerprint density at radius 1 is 0.833 bits per heavy atom. The van der Waals surface area contributed by atoms with Crippen molar-refractivity contribution in [1.82, 2.24) is 5.32 Å². The van der Waals surface area contributed by atoms with Gasteiger partial charge in [0.25, 0.3) is 0 Å². The largest absolute Gasteiger partial charge is 0.458 e. The molecule has 278 valence electrons. The SMILES string of the molecule is CC(=O)COC(=O)CCNC(=O)[C@H](N)CSCC1O[C@@H](O[C@@H]2C(CO)O[C@H](O[C@@H]3C(CO)OC[C@@H](O)C3O)[C@@H](O)C2O)[C@@H](O)C(O)[C@@H]1O. The minimum absolute atomic E-state index is 0.00160. The minimum Gasteiger partial charge on any atom is -0.458 e. The van der Waals surface area contributed by atoms with Crippen molar-refractivity contribution in [2.75, 3.05) is 44.5 Å². The molecule has 48 heavy (non-hydrogen) atoms. The standard InChI is InChI=1S/C27H46N2O18S/c1-10(32)6-43-16(34)2-3-29-25(41)11(28)8-48-9-15-18(36)19(37)21(39)26(45-15)47-24-14(5-31)44-27(22(40)20(24)38)46-23-13(4-30)42-7-12(33)17(23)35/h11-15,17-24,26-27,30-31,33,35-40H,2-9,28H2,1H3,(H,29,41)/t11-,12-,13?,14?,15?,17?,18-,19?,20?,21+,22+,23-,24-,26+,27-/m1/s1. The van der Waals surface area contributed by atoms with Crippen LogP contribution in [0.3, 0.4) is 0 Å². The summed E-state index contributed by atoms with van der Waals surface area (Å²) in [5, 5.41) is 95.5. The number of nitrogens with one attached hydrogen (secondary N) is 1. The van der Waals surface area contributed by atoms with Gasteiger partial charge in [-0.2, -0.15) is 11.8 Å². The van der Waals surface area contributed by atoms with Crippen LogP contribution in [0.4, 0.5) is 0 Å². The first-order valence-corrected chi connectivity index (χ1v) is 16.3. The van der Waals surface area contributed by atoms with E-state index in [1.165, 1.54) is 6.92 Å². The Morgan fingerprint density at radius 2 is 1.42 bits per heavy atom. The number of thioether (sulfide) groups is 1. The summed E-state index contributed by atoms with van der Waals surface area (Å²) in [5.74, 6) is -1.68. The van der Waals surface area contributed by atoms with E-state index in [9.17, 15) is 60.3 Å². The van der Waals surface area contributed by atoms with Gasteiger partial charge < -0.3 is 85.4 Å². The number of amides is 1. The van der Waals surface area contributed by atoms with Crippen LogP contribution in [0, 0.1) is 0 Å². The van der Waals surface area contributed by atoms with E-state index >= 15 is 0 Å². The van der Waals surface area contributed by atoms with E-state index in [1.54, 1.807) is 0 Å². The lowest BCUT2D eigenvalue weighted by Crippen LogP contribution is -2.66. The van der Waals surface area contributed by atoms with Crippen LogP contribution in [0.15, 0.2) is 0 Å². The molecule has 3 heterocycles. The Hall–Kier alpha value is -1.64. The van der Waals surface area contributed by atoms with Crippen molar-refractivity contribution >= 4 is 29.4 Å². The lowest BCUT2D eigenvalue weighted by atomic mass is 9.96. The molecular formula is C27H46N2O18S. The summed E-state index contributed by atoms with van der Waals surface area (Å²) >= 11 is 1.04. The number of hydrogen-bond donors (Lipinski definition) is 11. The highest BCUT2D eigenvalue weighted by Gasteiger charge is 2.52. The van der Waals surface area contributed by atoms with E-state index in [4.69, 9.17) is 34.2 Å². The van der Waals surface area contributed by atoms with Gasteiger partial charge in [0.05, 0.1) is 38.4 Å². The third kappa shape index (κ3) is 10.7. The zero-order valence-corrected chi connectivity index (χ0v) is 26.8. The van der Waals surface area contributed by atoms with E-state index in [0.717, 1.165) is 11.8 Å². The maximum Gasteiger partial charge on any atom is 0.308 e. The first-order valence-electron chi connectivity index (χ1n) is 15.2. The van der Waals surface area contributed by atoms with Gasteiger partial charge in [0.15, 0.2) is 18.4 Å². The van der Waals surface area contributed by atoms with Crippen molar-refractivity contribution in [2.45, 2.75) is 105 Å². The molecule has 0 aromatic carbocycles. The van der Waals surface area contributed by atoms with Crippen LogP contribution in [0.1, 0.15) is 13.3 Å². The Kier molecular flexibility index (Phi) is 16.2. The lowest BCUT2D eigenvalue weighted by molar-refractivity contribution is -0.368. The van der Waals surface area contributed by atoms with Crippen molar-refractivity contribution < 1.29 is 88.8 Å². The second-order valence-electron chi connectivity index (χ2n) is 11.6. The van der Waals surface area contributed by atoms with Gasteiger partial charge in [-0.25, -0.2) is 0 Å². The van der Waals surface area contributed by atoms with Crippen LogP contribution in [0.25, 0.3) is 0 Å². The van der Waals surface area contributed by atoms with Gasteiger partial charge in [0.2, 0.25) is 5.91 Å². The van der Waals surface area contributed by atoms with Gasteiger partial charge in [-0.1, -0.05) is 0 Å². The smallest absolute Gasteiger partial charge is 0.308 e. The minimum atomic E-state index is -1.90. The van der Waals surface area contributed by atoms with Gasteiger partial charge in [-0.05, 0) is 6.92 Å². The summed E-state index contributed by atoms with van der Waals surface area (Å²) in [5.41, 5.74) is 5.89. The Morgan fingerprint density at radius 3 is 2.02 bits per heavy atom. The normalized spacial score (nSPS) is 39.4. The summed E-state index contributed by atoms with van der Waals surface area (Å²) in [6.45, 7) is -0.946. The molecule has 0 spiro atoms. The summed E-state index contributed by atoms with van der Waals surface area (Å²) in [7, 11) is 0. The molecule has 3 saturated heterocycles. The highest BCUT2D eigenvalue weighted by atomic mass is 32.2. The van der Waals surface area contributed by atoms with Crippen molar-refractivity contribution in [3.8, 4) is 0 Å². The van der Waals surface area contributed by atoms with Gasteiger partial charge in [-0.3, -0.25) is 14.4 Å². The molecule has 20 nitrogen and oxygen atoms in total. The van der Waals surface area contributed by atoms with E-state index in [0.29, 0.717) is 0 Å². The maximum absolute atomic E-state index is 12.3. The van der Waals surface area contributed by atoms with Gasteiger partial charge in [0, 0.05) is 18.1 Å². The van der Waals surface area contributed by atoms with E-state index < -0.39 is 117 Å². The number of rotatable bonds is 16. The van der Waals surface area contributed by atoms with E-state index in [-0.39, 0.29) is 43.5 Å². The number of carbonyl (C=O) groups excluding carboxylic acids is 3. The molecule has 0 radical (unpaired) electrons. The van der Waals surface area contributed by atoms with Crippen LogP contribution in [0.2, 0.25) is 0 Å². The first kappa shape index (κ1) is 40.8. The number of aliphatic hydroxyl groups is 9. The van der Waals surface area contributed by atoms with E-state index in [2.05, 4.69) is 5.32 Å². The summed E-state index contributed by atoms with van der Waals surface area (Å²) in [4.78, 5) is 34.7. The second kappa shape index (κ2) is 19.1. The number of nitrogens with two attached hydrogens (primary N) is 1. The molecule has 15 atom stereocenters. The average molecular weight is 719 g/mol. The molecule has 1 amide bonds. The fourth-order valence-electron chi connectivity index (χ4n) is 5.05. The van der Waals surface area contributed by atoms with Crippen LogP contribution < -0.4 is 11.1 Å². The number of aliphatic hydroxyl groups excluding tert-OH is 9. The fraction of sp³-hybridized carbons (Fsp3) is 0.889. The quantitative estimate of drug-likeness (QED) is 0.0660. The molecule has 0 bridgehead atoms.